The summed E-state index contributed by atoms with van der Waals surface area (Å²) in [5, 5.41) is 12.2. The number of ether oxygens (including phenoxy) is 1. The average Bonchev–Trinajstić information content (AvgIpc) is 3.06. The Balaban J connectivity index is 1.95. The summed E-state index contributed by atoms with van der Waals surface area (Å²) in [6.07, 6.45) is 3.49. The Kier molecular flexibility index (Phi) is 3.30. The Morgan fingerprint density at radius 2 is 2.20 bits per heavy atom. The third kappa shape index (κ3) is 2.21. The van der Waals surface area contributed by atoms with Crippen LogP contribution in [0.3, 0.4) is 0 Å². The zero-order valence-electron chi connectivity index (χ0n) is 11.8. The van der Waals surface area contributed by atoms with Crippen molar-refractivity contribution in [2.24, 2.45) is 5.92 Å². The molecule has 0 spiro atoms. The van der Waals surface area contributed by atoms with E-state index in [1.807, 2.05) is 22.9 Å². The summed E-state index contributed by atoms with van der Waals surface area (Å²) in [4.78, 5) is 0. The molecule has 0 aliphatic heterocycles. The van der Waals surface area contributed by atoms with Crippen molar-refractivity contribution in [3.63, 3.8) is 0 Å². The second-order valence-electron chi connectivity index (χ2n) is 5.48. The molecule has 1 aromatic carbocycles. The van der Waals surface area contributed by atoms with Crippen LogP contribution in [0, 0.1) is 5.92 Å². The Morgan fingerprint density at radius 1 is 1.35 bits per heavy atom. The first-order valence-electron chi connectivity index (χ1n) is 6.90. The first-order chi connectivity index (χ1) is 9.69. The van der Waals surface area contributed by atoms with Crippen LogP contribution >= 0.6 is 0 Å². The summed E-state index contributed by atoms with van der Waals surface area (Å²) in [6.45, 7) is 2.27. The number of benzene rings is 1. The average molecular weight is 273 g/mol. The number of rotatable bonds is 3. The first-order valence-corrected chi connectivity index (χ1v) is 6.90. The number of tetrazole rings is 1. The second kappa shape index (κ2) is 5.11. The van der Waals surface area contributed by atoms with E-state index in [0.717, 1.165) is 30.1 Å². The maximum Gasteiger partial charge on any atom is 0.182 e. The van der Waals surface area contributed by atoms with E-state index in [1.54, 1.807) is 7.11 Å². The predicted octanol–water partition coefficient (Wildman–Crippen LogP) is 2.29. The molecule has 2 atom stereocenters. The molecule has 106 valence electrons. The molecule has 1 aromatic heterocycles. The molecule has 1 heterocycles. The van der Waals surface area contributed by atoms with Crippen molar-refractivity contribution in [1.82, 2.24) is 20.2 Å². The summed E-state index contributed by atoms with van der Waals surface area (Å²) in [5.41, 5.74) is 7.48. The van der Waals surface area contributed by atoms with E-state index in [0.29, 0.717) is 17.5 Å². The highest BCUT2D eigenvalue weighted by molar-refractivity contribution is 5.66. The van der Waals surface area contributed by atoms with Crippen LogP contribution in [0.5, 0.6) is 5.75 Å². The topological polar surface area (TPSA) is 78.9 Å². The van der Waals surface area contributed by atoms with Gasteiger partial charge in [-0.15, -0.1) is 5.10 Å². The molecule has 2 aromatic rings. The summed E-state index contributed by atoms with van der Waals surface area (Å²) in [7, 11) is 1.61. The van der Waals surface area contributed by atoms with Crippen LogP contribution < -0.4 is 10.5 Å². The fraction of sp³-hybridized carbons (Fsp3) is 0.500. The van der Waals surface area contributed by atoms with Crippen molar-refractivity contribution in [3.8, 4) is 17.1 Å². The molecule has 6 nitrogen and oxygen atoms in total. The highest BCUT2D eigenvalue weighted by atomic mass is 16.5. The monoisotopic (exact) mass is 273 g/mol. The smallest absolute Gasteiger partial charge is 0.182 e. The third-order valence-corrected chi connectivity index (χ3v) is 3.99. The Morgan fingerprint density at radius 3 is 2.85 bits per heavy atom. The van der Waals surface area contributed by atoms with E-state index in [1.165, 1.54) is 6.42 Å². The van der Waals surface area contributed by atoms with Crippen LogP contribution in [0.2, 0.25) is 0 Å². The molecule has 0 saturated heterocycles. The lowest BCUT2D eigenvalue weighted by molar-refractivity contribution is 0.417. The Labute approximate surface area is 117 Å². The lowest BCUT2D eigenvalue weighted by atomic mass is 10.1. The fourth-order valence-electron chi connectivity index (χ4n) is 2.90. The highest BCUT2D eigenvalue weighted by Crippen LogP contribution is 2.36. The van der Waals surface area contributed by atoms with E-state index in [-0.39, 0.29) is 0 Å². The van der Waals surface area contributed by atoms with Gasteiger partial charge in [-0.1, -0.05) is 6.92 Å². The van der Waals surface area contributed by atoms with Gasteiger partial charge in [-0.25, -0.2) is 4.68 Å². The minimum atomic E-state index is 0.387. The maximum atomic E-state index is 5.96. The number of aromatic nitrogens is 4. The van der Waals surface area contributed by atoms with Crippen LogP contribution in [0.4, 0.5) is 5.69 Å². The number of nitrogen functional groups attached to an aromatic ring is 1. The predicted molar refractivity (Wildman–Crippen MR) is 76.3 cm³/mol. The zero-order valence-corrected chi connectivity index (χ0v) is 11.8. The number of methoxy groups -OCH3 is 1. The summed E-state index contributed by atoms with van der Waals surface area (Å²) >= 11 is 0. The molecule has 0 radical (unpaired) electrons. The molecule has 2 unspecified atom stereocenters. The van der Waals surface area contributed by atoms with E-state index < -0.39 is 0 Å². The molecule has 0 amide bonds. The van der Waals surface area contributed by atoms with Crippen molar-refractivity contribution >= 4 is 5.69 Å². The normalized spacial score (nSPS) is 22.1. The van der Waals surface area contributed by atoms with Gasteiger partial charge in [0.25, 0.3) is 0 Å². The van der Waals surface area contributed by atoms with Crippen LogP contribution in [0.1, 0.15) is 32.2 Å². The lowest BCUT2D eigenvalue weighted by Crippen LogP contribution is -2.09. The first kappa shape index (κ1) is 12.9. The molecule has 1 saturated carbocycles. The number of nitrogens with zero attached hydrogens (tertiary/aromatic N) is 4. The van der Waals surface area contributed by atoms with Crippen molar-refractivity contribution in [2.75, 3.05) is 12.8 Å². The van der Waals surface area contributed by atoms with Crippen molar-refractivity contribution in [3.05, 3.63) is 18.2 Å². The number of anilines is 1. The lowest BCUT2D eigenvalue weighted by Gasteiger charge is -2.12. The van der Waals surface area contributed by atoms with Crippen LogP contribution in [-0.4, -0.2) is 27.3 Å². The molecule has 20 heavy (non-hydrogen) atoms. The summed E-state index contributed by atoms with van der Waals surface area (Å²) < 4.78 is 7.11. The van der Waals surface area contributed by atoms with E-state index in [9.17, 15) is 0 Å². The molecule has 1 fully saturated rings. The van der Waals surface area contributed by atoms with Gasteiger partial charge in [-0.2, -0.15) is 0 Å². The van der Waals surface area contributed by atoms with Crippen LogP contribution in [-0.2, 0) is 0 Å². The van der Waals surface area contributed by atoms with Gasteiger partial charge in [-0.05, 0) is 53.8 Å². The SMILES string of the molecule is COc1ccc(-c2nnnn2C2CCC(C)C2)cc1N. The Hall–Kier alpha value is -2.11. The van der Waals surface area contributed by atoms with Crippen LogP contribution in [0.25, 0.3) is 11.4 Å². The van der Waals surface area contributed by atoms with Gasteiger partial charge in [0.05, 0.1) is 18.8 Å². The molecule has 1 aliphatic carbocycles. The van der Waals surface area contributed by atoms with Crippen molar-refractivity contribution < 1.29 is 4.74 Å². The van der Waals surface area contributed by atoms with Gasteiger partial charge in [0, 0.05) is 5.56 Å². The molecule has 6 heteroatoms. The van der Waals surface area contributed by atoms with Crippen molar-refractivity contribution in [2.45, 2.75) is 32.2 Å². The number of hydrogen-bond donors (Lipinski definition) is 1. The molecule has 1 aliphatic rings. The van der Waals surface area contributed by atoms with Gasteiger partial charge in [-0.3, -0.25) is 0 Å². The van der Waals surface area contributed by atoms with Crippen molar-refractivity contribution in [1.29, 1.82) is 0 Å². The highest BCUT2D eigenvalue weighted by Gasteiger charge is 2.26. The van der Waals surface area contributed by atoms with E-state index >= 15 is 0 Å². The Bertz CT molecular complexity index is 609. The molecular weight excluding hydrogens is 254 g/mol. The molecule has 0 bridgehead atoms. The zero-order chi connectivity index (χ0) is 14.1. The largest absolute Gasteiger partial charge is 0.495 e. The van der Waals surface area contributed by atoms with Crippen LogP contribution in [0.15, 0.2) is 18.2 Å². The molecular formula is C14H19N5O. The molecule has 3 rings (SSSR count). The van der Waals surface area contributed by atoms with E-state index in [2.05, 4.69) is 22.4 Å². The maximum absolute atomic E-state index is 5.96. The van der Waals surface area contributed by atoms with Gasteiger partial charge < -0.3 is 10.5 Å². The minimum Gasteiger partial charge on any atom is -0.495 e. The van der Waals surface area contributed by atoms with Gasteiger partial charge in [0.1, 0.15) is 5.75 Å². The molecule has 2 N–H and O–H groups in total. The number of hydrogen-bond acceptors (Lipinski definition) is 5. The summed E-state index contributed by atoms with van der Waals surface area (Å²) in [5.74, 6) is 2.18. The minimum absolute atomic E-state index is 0.387. The van der Waals surface area contributed by atoms with E-state index in [4.69, 9.17) is 10.5 Å². The van der Waals surface area contributed by atoms with Gasteiger partial charge in [0.15, 0.2) is 5.82 Å². The standard InChI is InChI=1S/C14H19N5O/c1-9-3-5-11(7-9)19-14(16-17-18-19)10-4-6-13(20-2)12(15)8-10/h4,6,8-9,11H,3,5,7,15H2,1-2H3. The van der Waals surface area contributed by atoms with Gasteiger partial charge >= 0.3 is 0 Å². The number of nitrogens with two attached hydrogens (primary N) is 1. The fourth-order valence-corrected chi connectivity index (χ4v) is 2.90. The summed E-state index contributed by atoms with van der Waals surface area (Å²) in [6, 6.07) is 6.04. The van der Waals surface area contributed by atoms with Gasteiger partial charge in [0.2, 0.25) is 0 Å². The second-order valence-corrected chi connectivity index (χ2v) is 5.48. The third-order valence-electron chi connectivity index (χ3n) is 3.99. The quantitative estimate of drug-likeness (QED) is 0.868.